The largest absolute Gasteiger partial charge is 0.508 e. The highest BCUT2D eigenvalue weighted by Crippen LogP contribution is 2.64. The number of ether oxygens (including phenoxy) is 1. The minimum absolute atomic E-state index is 0.205. The molecule has 0 unspecified atom stereocenters. The molecule has 0 aromatic heterocycles. The molecule has 4 heteroatoms. The van der Waals surface area contributed by atoms with E-state index in [0.717, 1.165) is 50.9 Å². The molecule has 4 nitrogen and oxygen atoms in total. The van der Waals surface area contributed by atoms with Crippen molar-refractivity contribution in [1.82, 2.24) is 4.90 Å². The van der Waals surface area contributed by atoms with Crippen LogP contribution in [0.1, 0.15) is 99.7 Å². The SMILES string of the molecule is C[C@]12C[C@H](c3ccc(OCCCCCN4CCCCC4)cc3)[C@@H]3c4ccc(O)cc4CC[C@H]3[C@@H]1CCC2=O. The van der Waals surface area contributed by atoms with Crippen LogP contribution < -0.4 is 4.74 Å². The van der Waals surface area contributed by atoms with Gasteiger partial charge in [-0.15, -0.1) is 0 Å². The molecular formula is C34H45NO3. The number of hydrogen-bond donors (Lipinski definition) is 1. The van der Waals surface area contributed by atoms with Gasteiger partial charge in [0.25, 0.3) is 0 Å². The summed E-state index contributed by atoms with van der Waals surface area (Å²) in [6.45, 7) is 6.84. The van der Waals surface area contributed by atoms with Crippen molar-refractivity contribution >= 4 is 5.78 Å². The molecule has 6 rings (SSSR count). The number of carbonyl (C=O) groups excluding carboxylic acids is 1. The number of phenols is 1. The van der Waals surface area contributed by atoms with Gasteiger partial charge in [0.1, 0.15) is 17.3 Å². The monoisotopic (exact) mass is 515 g/mol. The molecule has 3 aliphatic carbocycles. The van der Waals surface area contributed by atoms with Crippen molar-refractivity contribution in [3.05, 3.63) is 59.2 Å². The molecule has 2 saturated carbocycles. The smallest absolute Gasteiger partial charge is 0.139 e. The number of ketones is 1. The Morgan fingerprint density at radius 2 is 1.79 bits per heavy atom. The third-order valence-electron chi connectivity index (χ3n) is 10.6. The molecule has 2 aromatic rings. The first kappa shape index (κ1) is 25.9. The average molecular weight is 516 g/mol. The first-order valence-electron chi connectivity index (χ1n) is 15.3. The Kier molecular flexibility index (Phi) is 7.53. The van der Waals surface area contributed by atoms with Crippen LogP contribution in [0.25, 0.3) is 0 Å². The number of carbonyl (C=O) groups is 1. The van der Waals surface area contributed by atoms with Crippen molar-refractivity contribution in [1.29, 1.82) is 0 Å². The van der Waals surface area contributed by atoms with Crippen molar-refractivity contribution < 1.29 is 14.6 Å². The maximum atomic E-state index is 13.2. The Bertz CT molecular complexity index is 1120. The Balaban J connectivity index is 1.12. The van der Waals surface area contributed by atoms with Crippen LogP contribution in [0, 0.1) is 17.3 Å². The van der Waals surface area contributed by atoms with E-state index in [9.17, 15) is 9.90 Å². The number of nitrogens with zero attached hydrogens (tertiary/aromatic N) is 1. The van der Waals surface area contributed by atoms with Crippen LogP contribution >= 0.6 is 0 Å². The number of likely N-dealkylation sites (tertiary alicyclic amines) is 1. The van der Waals surface area contributed by atoms with E-state index in [4.69, 9.17) is 4.74 Å². The summed E-state index contributed by atoms with van der Waals surface area (Å²) in [6.07, 6.45) is 12.6. The van der Waals surface area contributed by atoms with E-state index in [2.05, 4.69) is 42.2 Å². The Morgan fingerprint density at radius 3 is 2.61 bits per heavy atom. The third-order valence-corrected chi connectivity index (χ3v) is 10.6. The molecule has 38 heavy (non-hydrogen) atoms. The number of fused-ring (bicyclic) bond motifs is 5. The number of hydrogen-bond acceptors (Lipinski definition) is 4. The summed E-state index contributed by atoms with van der Waals surface area (Å²) in [7, 11) is 0. The summed E-state index contributed by atoms with van der Waals surface area (Å²) in [5.74, 6) is 3.53. The zero-order chi connectivity index (χ0) is 26.1. The van der Waals surface area contributed by atoms with Gasteiger partial charge in [-0.25, -0.2) is 0 Å². The summed E-state index contributed by atoms with van der Waals surface area (Å²) in [5.41, 5.74) is 3.82. The standard InChI is InChI=1S/C34H45NO3/c1-34-23-30(24-8-12-27(13-9-24)38-21-7-3-6-20-35-18-4-2-5-19-35)33-28-15-11-26(36)22-25(28)10-14-29(33)31(34)16-17-32(34)37/h8-9,11-13,15,22,29-31,33,36H,2-7,10,14,16-21,23H2,1H3/t29-,30+,31-,33+,34-/m0/s1. The zero-order valence-corrected chi connectivity index (χ0v) is 23.2. The molecule has 0 amide bonds. The quantitative estimate of drug-likeness (QED) is 0.376. The Labute approximate surface area is 228 Å². The van der Waals surface area contributed by atoms with Gasteiger partial charge >= 0.3 is 0 Å². The molecule has 3 fully saturated rings. The normalized spacial score (nSPS) is 30.9. The summed E-state index contributed by atoms with van der Waals surface area (Å²) in [6, 6.07) is 14.8. The Hall–Kier alpha value is -2.33. The third kappa shape index (κ3) is 5.01. The predicted octanol–water partition coefficient (Wildman–Crippen LogP) is 7.25. The van der Waals surface area contributed by atoms with Crippen LogP contribution in [0.3, 0.4) is 0 Å². The number of rotatable bonds is 8. The van der Waals surface area contributed by atoms with Crippen molar-refractivity contribution in [3.63, 3.8) is 0 Å². The van der Waals surface area contributed by atoms with Crippen LogP contribution in [0.4, 0.5) is 0 Å². The van der Waals surface area contributed by atoms with Crippen LogP contribution in [0.2, 0.25) is 0 Å². The number of aryl methyl sites for hydroxylation is 1. The van der Waals surface area contributed by atoms with Gasteiger partial charge in [0, 0.05) is 11.8 Å². The van der Waals surface area contributed by atoms with E-state index < -0.39 is 0 Å². The van der Waals surface area contributed by atoms with Gasteiger partial charge in [-0.2, -0.15) is 0 Å². The lowest BCUT2D eigenvalue weighted by atomic mass is 9.51. The van der Waals surface area contributed by atoms with Crippen LogP contribution in [0.15, 0.2) is 42.5 Å². The molecule has 0 bridgehead atoms. The maximum Gasteiger partial charge on any atom is 0.139 e. The zero-order valence-electron chi connectivity index (χ0n) is 23.2. The van der Waals surface area contributed by atoms with E-state index in [1.54, 1.807) is 0 Å². The highest BCUT2D eigenvalue weighted by atomic mass is 16.5. The first-order valence-corrected chi connectivity index (χ1v) is 15.3. The van der Waals surface area contributed by atoms with Gasteiger partial charge in [-0.1, -0.05) is 31.5 Å². The second-order valence-electron chi connectivity index (χ2n) is 12.8. The van der Waals surface area contributed by atoms with Gasteiger partial charge in [0.15, 0.2) is 0 Å². The maximum absolute atomic E-state index is 13.2. The van der Waals surface area contributed by atoms with Gasteiger partial charge in [0.05, 0.1) is 6.61 Å². The van der Waals surface area contributed by atoms with Gasteiger partial charge < -0.3 is 14.7 Å². The first-order chi connectivity index (χ1) is 18.5. The lowest BCUT2D eigenvalue weighted by Crippen LogP contribution is -2.45. The summed E-state index contributed by atoms with van der Waals surface area (Å²) in [4.78, 5) is 15.8. The molecule has 5 atom stereocenters. The highest BCUT2D eigenvalue weighted by Gasteiger charge is 2.57. The van der Waals surface area contributed by atoms with Crippen LogP contribution in [0.5, 0.6) is 11.5 Å². The van der Waals surface area contributed by atoms with Crippen LogP contribution in [-0.2, 0) is 11.2 Å². The van der Waals surface area contributed by atoms with Crippen molar-refractivity contribution in [3.8, 4) is 11.5 Å². The number of Topliss-reactive ketones (excluding diaryl/α,β-unsaturated/α-hetero) is 1. The molecule has 4 aliphatic rings. The molecule has 1 saturated heterocycles. The number of phenolic OH excluding ortho intramolecular Hbond substituents is 1. The molecule has 204 valence electrons. The van der Waals surface area contributed by atoms with E-state index >= 15 is 0 Å². The minimum Gasteiger partial charge on any atom is -0.508 e. The summed E-state index contributed by atoms with van der Waals surface area (Å²) >= 11 is 0. The molecule has 0 radical (unpaired) electrons. The number of benzene rings is 2. The van der Waals surface area contributed by atoms with E-state index in [0.29, 0.717) is 35.2 Å². The lowest BCUT2D eigenvalue weighted by Gasteiger charge is -2.52. The minimum atomic E-state index is -0.205. The molecule has 2 aromatic carbocycles. The second kappa shape index (κ2) is 11.0. The molecule has 1 N–H and O–H groups in total. The van der Waals surface area contributed by atoms with E-state index in [-0.39, 0.29) is 5.41 Å². The van der Waals surface area contributed by atoms with Crippen LogP contribution in [-0.4, -0.2) is 42.0 Å². The van der Waals surface area contributed by atoms with Gasteiger partial charge in [-0.3, -0.25) is 4.79 Å². The molecule has 0 spiro atoms. The second-order valence-corrected chi connectivity index (χ2v) is 12.8. The van der Waals surface area contributed by atoms with E-state index in [1.807, 2.05) is 12.1 Å². The van der Waals surface area contributed by atoms with Gasteiger partial charge in [-0.05, 0) is 142 Å². The van der Waals surface area contributed by atoms with Crippen molar-refractivity contribution in [2.45, 2.75) is 89.4 Å². The fourth-order valence-corrected chi connectivity index (χ4v) is 8.59. The van der Waals surface area contributed by atoms with Crippen molar-refractivity contribution in [2.75, 3.05) is 26.2 Å². The summed E-state index contributed by atoms with van der Waals surface area (Å²) in [5, 5.41) is 10.1. The predicted molar refractivity (Wildman–Crippen MR) is 152 cm³/mol. The molecular weight excluding hydrogens is 470 g/mol. The fourth-order valence-electron chi connectivity index (χ4n) is 8.59. The summed E-state index contributed by atoms with van der Waals surface area (Å²) < 4.78 is 6.13. The number of unbranched alkanes of at least 4 members (excludes halogenated alkanes) is 2. The number of piperidine rings is 1. The van der Waals surface area contributed by atoms with E-state index in [1.165, 1.54) is 68.4 Å². The number of aromatic hydroxyl groups is 1. The molecule has 1 aliphatic heterocycles. The lowest BCUT2D eigenvalue weighted by molar-refractivity contribution is -0.130. The topological polar surface area (TPSA) is 49.8 Å². The fraction of sp³-hybridized carbons (Fsp3) is 0.618. The van der Waals surface area contributed by atoms with Crippen molar-refractivity contribution in [2.24, 2.45) is 17.3 Å². The average Bonchev–Trinajstić information content (AvgIpc) is 3.24. The highest BCUT2D eigenvalue weighted by molar-refractivity contribution is 5.87. The van der Waals surface area contributed by atoms with Gasteiger partial charge in [0.2, 0.25) is 0 Å². The molecule has 1 heterocycles. The Morgan fingerprint density at radius 1 is 0.974 bits per heavy atom.